The molecule has 1 saturated heterocycles. The van der Waals surface area contributed by atoms with E-state index in [0.717, 1.165) is 30.5 Å². The van der Waals surface area contributed by atoms with Gasteiger partial charge in [-0.2, -0.15) is 0 Å². The van der Waals surface area contributed by atoms with Crippen molar-refractivity contribution in [3.63, 3.8) is 0 Å². The molecule has 0 aromatic heterocycles. The third-order valence-electron chi connectivity index (χ3n) is 7.00. The van der Waals surface area contributed by atoms with E-state index in [9.17, 15) is 9.59 Å². The van der Waals surface area contributed by atoms with Gasteiger partial charge in [-0.1, -0.05) is 58.0 Å². The Morgan fingerprint density at radius 3 is 2.57 bits per heavy atom. The maximum absolute atomic E-state index is 12.4. The zero-order valence-electron chi connectivity index (χ0n) is 18.7. The lowest BCUT2D eigenvalue weighted by atomic mass is 9.63. The van der Waals surface area contributed by atoms with Crippen LogP contribution in [0.2, 0.25) is 0 Å². The topological polar surface area (TPSA) is 49.4 Å². The first-order valence-corrected chi connectivity index (χ1v) is 10.9. The lowest BCUT2D eigenvalue weighted by molar-refractivity contribution is -0.138. The highest BCUT2D eigenvalue weighted by Crippen LogP contribution is 2.46. The predicted octanol–water partition coefficient (Wildman–Crippen LogP) is 5.16. The van der Waals surface area contributed by atoms with Crippen LogP contribution in [-0.4, -0.2) is 29.8 Å². The van der Waals surface area contributed by atoms with Gasteiger partial charge in [0.25, 0.3) is 0 Å². The molecule has 2 aromatic carbocycles. The van der Waals surface area contributed by atoms with Gasteiger partial charge in [-0.25, -0.2) is 0 Å². The molecule has 2 aromatic rings. The maximum Gasteiger partial charge on any atom is 0.229 e. The summed E-state index contributed by atoms with van der Waals surface area (Å²) in [5.41, 5.74) is 5.47. The van der Waals surface area contributed by atoms with Crippen LogP contribution >= 0.6 is 0 Å². The fourth-order valence-corrected chi connectivity index (χ4v) is 5.06. The van der Waals surface area contributed by atoms with Crippen LogP contribution in [0, 0.1) is 5.41 Å². The summed E-state index contributed by atoms with van der Waals surface area (Å²) < 4.78 is 0. The number of fused-ring (bicyclic) bond motifs is 3. The van der Waals surface area contributed by atoms with Crippen LogP contribution in [0.5, 0.6) is 0 Å². The molecular weight excluding hydrogens is 372 g/mol. The van der Waals surface area contributed by atoms with Crippen LogP contribution in [0.3, 0.4) is 0 Å². The summed E-state index contributed by atoms with van der Waals surface area (Å²) >= 11 is 0. The van der Waals surface area contributed by atoms with Gasteiger partial charge in [0.2, 0.25) is 11.8 Å². The Bertz CT molecular complexity index is 1000. The minimum Gasteiger partial charge on any atom is -0.342 e. The van der Waals surface area contributed by atoms with E-state index in [2.05, 4.69) is 36.5 Å². The molecule has 2 atom stereocenters. The van der Waals surface area contributed by atoms with Gasteiger partial charge >= 0.3 is 0 Å². The van der Waals surface area contributed by atoms with Crippen molar-refractivity contribution in [2.24, 2.45) is 5.41 Å². The number of nitrogens with zero attached hydrogens (tertiary/aromatic N) is 1. The van der Waals surface area contributed by atoms with Crippen LogP contribution < -0.4 is 5.32 Å². The average molecular weight is 405 g/mol. The molecule has 0 saturated carbocycles. The van der Waals surface area contributed by atoms with E-state index in [0.29, 0.717) is 6.42 Å². The zero-order valence-corrected chi connectivity index (χ0v) is 18.7. The van der Waals surface area contributed by atoms with Gasteiger partial charge in [-0.3, -0.25) is 9.59 Å². The second-order valence-electron chi connectivity index (χ2n) is 10.1. The number of likely N-dealkylation sites (tertiary alicyclic amines) is 1. The highest BCUT2D eigenvalue weighted by Gasteiger charge is 2.46. The van der Waals surface area contributed by atoms with Gasteiger partial charge in [0.15, 0.2) is 0 Å². The lowest BCUT2D eigenvalue weighted by Crippen LogP contribution is -2.56. The van der Waals surface area contributed by atoms with Crippen molar-refractivity contribution >= 4 is 17.5 Å². The number of nitrogens with one attached hydrogen (secondary N) is 1. The summed E-state index contributed by atoms with van der Waals surface area (Å²) in [5.74, 6) is 0.284. The Labute approximate surface area is 179 Å². The van der Waals surface area contributed by atoms with Crippen molar-refractivity contribution in [1.29, 1.82) is 0 Å². The van der Waals surface area contributed by atoms with Crippen molar-refractivity contribution in [1.82, 2.24) is 4.90 Å². The van der Waals surface area contributed by atoms with Crippen LogP contribution in [0.1, 0.15) is 58.1 Å². The SMILES string of the molecule is CN1C(=O)CC[C@]2(C)c3ccc(-c4cccc(NC(=O)C(C)(C)C)c4)cc3CC[C@@H]12. The van der Waals surface area contributed by atoms with Gasteiger partial charge in [-0.15, -0.1) is 0 Å². The molecule has 4 nitrogen and oxygen atoms in total. The molecule has 0 spiro atoms. The van der Waals surface area contributed by atoms with Crippen LogP contribution in [0.4, 0.5) is 5.69 Å². The Morgan fingerprint density at radius 1 is 1.10 bits per heavy atom. The fraction of sp³-hybridized carbons (Fsp3) is 0.462. The molecule has 4 rings (SSSR count). The average Bonchev–Trinajstić information content (AvgIpc) is 2.70. The van der Waals surface area contributed by atoms with E-state index in [1.54, 1.807) is 0 Å². The van der Waals surface area contributed by atoms with Crippen LogP contribution in [-0.2, 0) is 21.4 Å². The number of carbonyl (C=O) groups is 2. The van der Waals surface area contributed by atoms with Crippen molar-refractivity contribution in [3.05, 3.63) is 53.6 Å². The first-order chi connectivity index (χ1) is 14.1. The Kier molecular flexibility index (Phi) is 5.00. The first-order valence-electron chi connectivity index (χ1n) is 10.9. The lowest BCUT2D eigenvalue weighted by Gasteiger charge is -2.50. The number of rotatable bonds is 2. The number of likely N-dealkylation sites (N-methyl/N-ethyl adjacent to an activating group) is 1. The largest absolute Gasteiger partial charge is 0.342 e. The van der Waals surface area contributed by atoms with E-state index >= 15 is 0 Å². The Morgan fingerprint density at radius 2 is 1.83 bits per heavy atom. The Balaban J connectivity index is 1.64. The minimum absolute atomic E-state index is 0.0139. The van der Waals surface area contributed by atoms with Gasteiger partial charge in [-0.05, 0) is 53.6 Å². The third kappa shape index (κ3) is 3.53. The van der Waals surface area contributed by atoms with Gasteiger partial charge < -0.3 is 10.2 Å². The van der Waals surface area contributed by atoms with Gasteiger partial charge in [0.05, 0.1) is 0 Å². The standard InChI is InChI=1S/C26H32N2O2/c1-25(2,3)24(30)27-20-8-6-7-17(16-20)18-9-11-21-19(15-18)10-12-22-26(21,4)14-13-23(29)28(22)5/h6-9,11,15-16,22H,10,12-14H2,1-5H3,(H,27,30)/t22-,26-/m1/s1. The summed E-state index contributed by atoms with van der Waals surface area (Å²) in [6, 6.07) is 15.1. The van der Waals surface area contributed by atoms with E-state index in [-0.39, 0.29) is 23.3 Å². The number of hydrogen-bond donors (Lipinski definition) is 1. The summed E-state index contributed by atoms with van der Waals surface area (Å²) in [6.45, 7) is 8.07. The smallest absolute Gasteiger partial charge is 0.229 e. The molecule has 1 heterocycles. The highest BCUT2D eigenvalue weighted by molar-refractivity contribution is 5.95. The van der Waals surface area contributed by atoms with Crippen molar-refractivity contribution < 1.29 is 9.59 Å². The fourth-order valence-electron chi connectivity index (χ4n) is 5.06. The monoisotopic (exact) mass is 404 g/mol. The molecule has 1 N–H and O–H groups in total. The molecule has 0 radical (unpaired) electrons. The van der Waals surface area contributed by atoms with Crippen LogP contribution in [0.25, 0.3) is 11.1 Å². The number of aryl methyl sites for hydroxylation is 1. The summed E-state index contributed by atoms with van der Waals surface area (Å²) in [4.78, 5) is 26.5. The number of piperidine rings is 1. The molecule has 158 valence electrons. The molecule has 1 aliphatic carbocycles. The molecule has 30 heavy (non-hydrogen) atoms. The molecule has 4 heteroatoms. The normalized spacial score (nSPS) is 23.6. The summed E-state index contributed by atoms with van der Waals surface area (Å²) in [6.07, 6.45) is 3.54. The number of carbonyl (C=O) groups excluding carboxylic acids is 2. The minimum atomic E-state index is -0.428. The quantitative estimate of drug-likeness (QED) is 0.751. The second-order valence-corrected chi connectivity index (χ2v) is 10.1. The molecule has 1 fully saturated rings. The molecule has 0 unspecified atom stereocenters. The first kappa shape index (κ1) is 20.6. The molecule has 2 aliphatic rings. The molecular formula is C26H32N2O2. The predicted molar refractivity (Wildman–Crippen MR) is 121 cm³/mol. The van der Waals surface area contributed by atoms with Crippen molar-refractivity contribution in [2.75, 3.05) is 12.4 Å². The van der Waals surface area contributed by atoms with E-state index < -0.39 is 5.41 Å². The van der Waals surface area contributed by atoms with E-state index in [1.807, 2.05) is 50.9 Å². The number of anilines is 1. The van der Waals surface area contributed by atoms with E-state index in [1.165, 1.54) is 16.7 Å². The summed E-state index contributed by atoms with van der Waals surface area (Å²) in [5, 5.41) is 3.03. The second kappa shape index (κ2) is 7.26. The number of benzene rings is 2. The number of amides is 2. The van der Waals surface area contributed by atoms with Crippen LogP contribution in [0.15, 0.2) is 42.5 Å². The molecule has 0 bridgehead atoms. The maximum atomic E-state index is 12.4. The van der Waals surface area contributed by atoms with Gasteiger partial charge in [0.1, 0.15) is 0 Å². The number of hydrogen-bond acceptors (Lipinski definition) is 2. The Hall–Kier alpha value is -2.62. The molecule has 2 amide bonds. The van der Waals surface area contributed by atoms with E-state index in [4.69, 9.17) is 0 Å². The van der Waals surface area contributed by atoms with Crippen molar-refractivity contribution in [2.45, 2.75) is 64.8 Å². The highest BCUT2D eigenvalue weighted by atomic mass is 16.2. The third-order valence-corrected chi connectivity index (χ3v) is 7.00. The molecule has 1 aliphatic heterocycles. The summed E-state index contributed by atoms with van der Waals surface area (Å²) in [7, 11) is 1.96. The zero-order chi connectivity index (χ0) is 21.7. The van der Waals surface area contributed by atoms with Gasteiger partial charge in [0, 0.05) is 36.0 Å². The van der Waals surface area contributed by atoms with Crippen molar-refractivity contribution in [3.8, 4) is 11.1 Å².